The summed E-state index contributed by atoms with van der Waals surface area (Å²) < 4.78 is 25.7. The van der Waals surface area contributed by atoms with Gasteiger partial charge in [-0.25, -0.2) is 8.42 Å². The van der Waals surface area contributed by atoms with Crippen LogP contribution < -0.4 is 9.62 Å². The first-order valence-corrected chi connectivity index (χ1v) is 11.1. The van der Waals surface area contributed by atoms with Gasteiger partial charge in [0.15, 0.2) is 0 Å². The number of para-hydroxylation sites is 1. The first-order valence-electron chi connectivity index (χ1n) is 8.92. The lowest BCUT2D eigenvalue weighted by Crippen LogP contribution is -2.50. The fraction of sp³-hybridized carbons (Fsp3) is 0.300. The van der Waals surface area contributed by atoms with Gasteiger partial charge in [0.05, 0.1) is 17.0 Å². The molecule has 9 heteroatoms. The van der Waals surface area contributed by atoms with E-state index >= 15 is 0 Å². The van der Waals surface area contributed by atoms with Crippen LogP contribution in [0.4, 0.5) is 5.69 Å². The van der Waals surface area contributed by atoms with Gasteiger partial charge in [-0.1, -0.05) is 54.1 Å². The molecule has 2 aromatic rings. The summed E-state index contributed by atoms with van der Waals surface area (Å²) >= 11 is 6.16. The number of halogens is 1. The number of carbonyl (C=O) groups excluding carboxylic acids is 2. The highest BCUT2D eigenvalue weighted by atomic mass is 35.5. The summed E-state index contributed by atoms with van der Waals surface area (Å²) in [5, 5.41) is 2.73. The van der Waals surface area contributed by atoms with Crippen molar-refractivity contribution in [3.8, 4) is 0 Å². The minimum Gasteiger partial charge on any atom is -0.357 e. The molecule has 0 aliphatic carbocycles. The second-order valence-corrected chi connectivity index (χ2v) is 8.83. The molecule has 0 unspecified atom stereocenters. The molecule has 2 aromatic carbocycles. The summed E-state index contributed by atoms with van der Waals surface area (Å²) in [5.74, 6) is -0.867. The van der Waals surface area contributed by atoms with E-state index in [1.807, 2.05) is 30.3 Å². The molecule has 0 bridgehead atoms. The van der Waals surface area contributed by atoms with E-state index in [9.17, 15) is 18.0 Å². The molecule has 29 heavy (non-hydrogen) atoms. The van der Waals surface area contributed by atoms with Crippen LogP contribution in [0.15, 0.2) is 54.6 Å². The number of anilines is 1. The molecular formula is C20H24ClN3O4S. The van der Waals surface area contributed by atoms with E-state index in [0.29, 0.717) is 0 Å². The molecule has 0 saturated heterocycles. The Balaban J connectivity index is 2.37. The summed E-state index contributed by atoms with van der Waals surface area (Å²) in [6, 6.07) is 14.8. The zero-order chi connectivity index (χ0) is 21.6. The molecule has 0 spiro atoms. The summed E-state index contributed by atoms with van der Waals surface area (Å²) in [6.45, 7) is 1.28. The van der Waals surface area contributed by atoms with Crippen molar-refractivity contribution in [2.75, 3.05) is 24.2 Å². The van der Waals surface area contributed by atoms with Crippen molar-refractivity contribution in [3.05, 3.63) is 65.2 Å². The van der Waals surface area contributed by atoms with Gasteiger partial charge in [0.25, 0.3) is 0 Å². The third kappa shape index (κ3) is 5.95. The van der Waals surface area contributed by atoms with Crippen LogP contribution in [0.2, 0.25) is 5.02 Å². The van der Waals surface area contributed by atoms with Crippen LogP contribution in [0.25, 0.3) is 0 Å². The topological polar surface area (TPSA) is 86.8 Å². The second kappa shape index (κ2) is 9.76. The monoisotopic (exact) mass is 437 g/mol. The molecule has 2 amide bonds. The van der Waals surface area contributed by atoms with Gasteiger partial charge in [-0.3, -0.25) is 13.9 Å². The maximum absolute atomic E-state index is 13.1. The standard InChI is InChI=1S/C20H24ClN3O4S/c1-15(20(26)22-2)23(13-16-9-5-4-6-10-16)19(25)14-24(29(3,27)28)18-12-8-7-11-17(18)21/h4-12,15H,13-14H2,1-3H3,(H,22,26)/t15-/m1/s1. The smallest absolute Gasteiger partial charge is 0.244 e. The van der Waals surface area contributed by atoms with E-state index in [2.05, 4.69) is 5.32 Å². The average Bonchev–Trinajstić information content (AvgIpc) is 2.69. The number of likely N-dealkylation sites (N-methyl/N-ethyl adjacent to an activating group) is 1. The Hall–Kier alpha value is -2.58. The van der Waals surface area contributed by atoms with Crippen molar-refractivity contribution < 1.29 is 18.0 Å². The normalized spacial score (nSPS) is 12.1. The molecular weight excluding hydrogens is 414 g/mol. The molecule has 0 aromatic heterocycles. The molecule has 0 aliphatic heterocycles. The average molecular weight is 438 g/mol. The van der Waals surface area contributed by atoms with Gasteiger partial charge in [0.2, 0.25) is 21.8 Å². The minimum atomic E-state index is -3.79. The van der Waals surface area contributed by atoms with E-state index in [0.717, 1.165) is 16.1 Å². The lowest BCUT2D eigenvalue weighted by atomic mass is 10.1. The SMILES string of the molecule is CNC(=O)[C@@H](C)N(Cc1ccccc1)C(=O)CN(c1ccccc1Cl)S(C)(=O)=O. The maximum atomic E-state index is 13.1. The first kappa shape index (κ1) is 22.7. The largest absolute Gasteiger partial charge is 0.357 e. The van der Waals surface area contributed by atoms with Gasteiger partial charge in [-0.2, -0.15) is 0 Å². The Morgan fingerprint density at radius 1 is 1.07 bits per heavy atom. The van der Waals surface area contributed by atoms with E-state index in [1.54, 1.807) is 25.1 Å². The highest BCUT2D eigenvalue weighted by Crippen LogP contribution is 2.27. The summed E-state index contributed by atoms with van der Waals surface area (Å²) in [6.07, 6.45) is 1.01. The number of rotatable bonds is 8. The summed E-state index contributed by atoms with van der Waals surface area (Å²) in [5.41, 5.74) is 1.03. The molecule has 1 N–H and O–H groups in total. The highest BCUT2D eigenvalue weighted by molar-refractivity contribution is 7.92. The number of hydrogen-bond acceptors (Lipinski definition) is 4. The van der Waals surface area contributed by atoms with Gasteiger partial charge >= 0.3 is 0 Å². The van der Waals surface area contributed by atoms with E-state index in [-0.39, 0.29) is 23.2 Å². The molecule has 1 atom stereocenters. The van der Waals surface area contributed by atoms with Crippen LogP contribution in [0.5, 0.6) is 0 Å². The number of sulfonamides is 1. The molecule has 156 valence electrons. The second-order valence-electron chi connectivity index (χ2n) is 6.52. The van der Waals surface area contributed by atoms with E-state index < -0.39 is 28.5 Å². The van der Waals surface area contributed by atoms with Gasteiger partial charge < -0.3 is 10.2 Å². The van der Waals surface area contributed by atoms with Crippen LogP contribution in [0.3, 0.4) is 0 Å². The third-order valence-electron chi connectivity index (χ3n) is 4.41. The minimum absolute atomic E-state index is 0.161. The summed E-state index contributed by atoms with van der Waals surface area (Å²) in [7, 11) is -2.31. The first-order chi connectivity index (χ1) is 13.6. The quantitative estimate of drug-likeness (QED) is 0.686. The Morgan fingerprint density at radius 3 is 2.21 bits per heavy atom. The lowest BCUT2D eigenvalue weighted by Gasteiger charge is -2.31. The zero-order valence-corrected chi connectivity index (χ0v) is 18.1. The molecule has 2 rings (SSSR count). The number of nitrogens with one attached hydrogen (secondary N) is 1. The van der Waals surface area contributed by atoms with Crippen molar-refractivity contribution in [2.24, 2.45) is 0 Å². The van der Waals surface area contributed by atoms with Crippen molar-refractivity contribution in [1.29, 1.82) is 0 Å². The predicted octanol–water partition coefficient (Wildman–Crippen LogP) is 2.27. The number of amides is 2. The predicted molar refractivity (Wildman–Crippen MR) is 114 cm³/mol. The lowest BCUT2D eigenvalue weighted by molar-refractivity contribution is -0.139. The number of nitrogens with zero attached hydrogens (tertiary/aromatic N) is 2. The molecule has 0 fully saturated rings. The molecule has 7 nitrogen and oxygen atoms in total. The van der Waals surface area contributed by atoms with Crippen molar-refractivity contribution in [2.45, 2.75) is 19.5 Å². The van der Waals surface area contributed by atoms with Crippen LogP contribution in [-0.4, -0.2) is 51.0 Å². The van der Waals surface area contributed by atoms with Crippen LogP contribution in [-0.2, 0) is 26.2 Å². The molecule has 0 radical (unpaired) electrons. The zero-order valence-electron chi connectivity index (χ0n) is 16.5. The third-order valence-corrected chi connectivity index (χ3v) is 5.86. The highest BCUT2D eigenvalue weighted by Gasteiger charge is 2.30. The number of carbonyl (C=O) groups is 2. The fourth-order valence-corrected chi connectivity index (χ4v) is 3.97. The van der Waals surface area contributed by atoms with Gasteiger partial charge in [0, 0.05) is 13.6 Å². The van der Waals surface area contributed by atoms with Crippen molar-refractivity contribution >= 4 is 39.1 Å². The molecule has 0 saturated carbocycles. The van der Waals surface area contributed by atoms with E-state index in [4.69, 9.17) is 11.6 Å². The van der Waals surface area contributed by atoms with Crippen LogP contribution in [0, 0.1) is 0 Å². The number of benzene rings is 2. The maximum Gasteiger partial charge on any atom is 0.244 e. The Kier molecular flexibility index (Phi) is 7.64. The van der Waals surface area contributed by atoms with Crippen LogP contribution in [0.1, 0.15) is 12.5 Å². The van der Waals surface area contributed by atoms with E-state index in [1.165, 1.54) is 18.0 Å². The fourth-order valence-electron chi connectivity index (χ4n) is 2.82. The van der Waals surface area contributed by atoms with Gasteiger partial charge in [0.1, 0.15) is 12.6 Å². The Morgan fingerprint density at radius 2 is 1.66 bits per heavy atom. The molecule has 0 aliphatic rings. The van der Waals surface area contributed by atoms with Gasteiger partial charge in [-0.05, 0) is 24.6 Å². The molecule has 0 heterocycles. The number of hydrogen-bond donors (Lipinski definition) is 1. The Labute approximate surface area is 176 Å². The van der Waals surface area contributed by atoms with Gasteiger partial charge in [-0.15, -0.1) is 0 Å². The Bertz CT molecular complexity index is 967. The van der Waals surface area contributed by atoms with Crippen LogP contribution >= 0.6 is 11.6 Å². The van der Waals surface area contributed by atoms with Crippen molar-refractivity contribution in [1.82, 2.24) is 10.2 Å². The van der Waals surface area contributed by atoms with Crippen molar-refractivity contribution in [3.63, 3.8) is 0 Å². The summed E-state index contributed by atoms with van der Waals surface area (Å²) in [4.78, 5) is 26.7.